The Hall–Kier alpha value is -2.76. The van der Waals surface area contributed by atoms with E-state index in [1.54, 1.807) is 17.4 Å². The number of thiophene rings is 1. The van der Waals surface area contributed by atoms with Gasteiger partial charge in [-0.05, 0) is 41.1 Å². The highest BCUT2D eigenvalue weighted by Gasteiger charge is 2.15. The third kappa shape index (κ3) is 3.84. The predicted molar refractivity (Wildman–Crippen MR) is 111 cm³/mol. The topological polar surface area (TPSA) is 57.8 Å². The Morgan fingerprint density at radius 2 is 1.89 bits per heavy atom. The van der Waals surface area contributed by atoms with Crippen molar-refractivity contribution in [3.8, 4) is 0 Å². The smallest absolute Gasteiger partial charge is 0.258 e. The van der Waals surface area contributed by atoms with Crippen molar-refractivity contribution in [2.75, 3.05) is 0 Å². The van der Waals surface area contributed by atoms with Gasteiger partial charge < -0.3 is 4.98 Å². The second-order valence-electron chi connectivity index (χ2n) is 6.45. The molecule has 0 bridgehead atoms. The molecule has 136 valence electrons. The van der Waals surface area contributed by atoms with Crippen molar-refractivity contribution in [3.05, 3.63) is 98.2 Å². The van der Waals surface area contributed by atoms with Crippen molar-refractivity contribution in [2.45, 2.75) is 25.9 Å². The van der Waals surface area contributed by atoms with E-state index in [9.17, 15) is 4.79 Å². The first-order chi connectivity index (χ1) is 13.2. The zero-order chi connectivity index (χ0) is 18.6. The Morgan fingerprint density at radius 1 is 1.07 bits per heavy atom. The van der Waals surface area contributed by atoms with Gasteiger partial charge in [0.2, 0.25) is 0 Å². The summed E-state index contributed by atoms with van der Waals surface area (Å²) in [7, 11) is 0. The lowest BCUT2D eigenvalue weighted by molar-refractivity contribution is 0.594. The number of aromatic amines is 1. The van der Waals surface area contributed by atoms with Gasteiger partial charge in [-0.2, -0.15) is 0 Å². The maximum atomic E-state index is 12.3. The molecule has 0 aliphatic rings. The number of H-pyrrole nitrogens is 1. The largest absolute Gasteiger partial charge is 0.309 e. The first-order valence-corrected chi connectivity index (χ1v) is 9.96. The molecular formula is C22H21N3OS. The van der Waals surface area contributed by atoms with Crippen LogP contribution in [0.5, 0.6) is 0 Å². The van der Waals surface area contributed by atoms with Gasteiger partial charge in [-0.25, -0.2) is 4.98 Å². The molecule has 0 saturated heterocycles. The molecule has 4 rings (SSSR count). The fourth-order valence-corrected chi connectivity index (χ4v) is 4.03. The van der Waals surface area contributed by atoms with Crippen LogP contribution in [0, 0.1) is 0 Å². The molecule has 0 aliphatic carbocycles. The number of benzene rings is 2. The van der Waals surface area contributed by atoms with Crippen molar-refractivity contribution in [1.82, 2.24) is 15.3 Å². The molecule has 4 aromatic rings. The molecule has 0 unspecified atom stereocenters. The summed E-state index contributed by atoms with van der Waals surface area (Å²) in [5, 5.41) is 6.26. The SMILES string of the molecule is CCc1ccc([C@@H](NCc2nc3ccccc3c(=O)[nH]2)c2cccs2)cc1. The number of nitrogens with zero attached hydrogens (tertiary/aromatic N) is 1. The third-order valence-corrected chi connectivity index (χ3v) is 5.62. The summed E-state index contributed by atoms with van der Waals surface area (Å²) < 4.78 is 0. The molecule has 2 aromatic heterocycles. The van der Waals surface area contributed by atoms with Crippen molar-refractivity contribution >= 4 is 22.2 Å². The van der Waals surface area contributed by atoms with E-state index in [4.69, 9.17) is 0 Å². The van der Waals surface area contributed by atoms with Gasteiger partial charge in [0, 0.05) is 4.88 Å². The molecule has 2 N–H and O–H groups in total. The van der Waals surface area contributed by atoms with Gasteiger partial charge in [0.25, 0.3) is 5.56 Å². The number of para-hydroxylation sites is 1. The summed E-state index contributed by atoms with van der Waals surface area (Å²) in [5.41, 5.74) is 3.15. The minimum atomic E-state index is -0.0997. The zero-order valence-electron chi connectivity index (χ0n) is 15.1. The fraction of sp³-hybridized carbons (Fsp3) is 0.182. The Bertz CT molecular complexity index is 1080. The van der Waals surface area contributed by atoms with E-state index in [0.29, 0.717) is 17.8 Å². The average molecular weight is 375 g/mol. The van der Waals surface area contributed by atoms with E-state index < -0.39 is 0 Å². The maximum absolute atomic E-state index is 12.3. The molecule has 0 aliphatic heterocycles. The Morgan fingerprint density at radius 3 is 2.63 bits per heavy atom. The number of fused-ring (bicyclic) bond motifs is 1. The summed E-state index contributed by atoms with van der Waals surface area (Å²) in [4.78, 5) is 21.0. The van der Waals surface area contributed by atoms with Crippen molar-refractivity contribution in [1.29, 1.82) is 0 Å². The second kappa shape index (κ2) is 7.86. The molecule has 0 spiro atoms. The van der Waals surface area contributed by atoms with Crippen LogP contribution in [0.25, 0.3) is 10.9 Å². The molecule has 4 nitrogen and oxygen atoms in total. The summed E-state index contributed by atoms with van der Waals surface area (Å²) in [6.45, 7) is 2.64. The van der Waals surface area contributed by atoms with Crippen LogP contribution in [-0.2, 0) is 13.0 Å². The normalized spacial score (nSPS) is 12.3. The van der Waals surface area contributed by atoms with Gasteiger partial charge in [0.15, 0.2) is 0 Å². The number of aromatic nitrogens is 2. The lowest BCUT2D eigenvalue weighted by Gasteiger charge is -2.18. The van der Waals surface area contributed by atoms with Crippen LogP contribution in [0.3, 0.4) is 0 Å². The van der Waals surface area contributed by atoms with Crippen LogP contribution < -0.4 is 10.9 Å². The van der Waals surface area contributed by atoms with Crippen molar-refractivity contribution < 1.29 is 0 Å². The average Bonchev–Trinajstić information content (AvgIpc) is 3.23. The van der Waals surface area contributed by atoms with Crippen LogP contribution >= 0.6 is 11.3 Å². The van der Waals surface area contributed by atoms with Gasteiger partial charge in [0.05, 0.1) is 23.5 Å². The highest BCUT2D eigenvalue weighted by molar-refractivity contribution is 7.10. The molecule has 2 heterocycles. The van der Waals surface area contributed by atoms with Gasteiger partial charge in [-0.1, -0.05) is 49.4 Å². The van der Waals surface area contributed by atoms with Crippen LogP contribution in [0.2, 0.25) is 0 Å². The van der Waals surface area contributed by atoms with Crippen LogP contribution in [0.4, 0.5) is 0 Å². The molecule has 0 saturated carbocycles. The molecular weight excluding hydrogens is 354 g/mol. The monoisotopic (exact) mass is 375 g/mol. The Labute approximate surface area is 161 Å². The van der Waals surface area contributed by atoms with E-state index in [1.807, 2.05) is 18.2 Å². The van der Waals surface area contributed by atoms with E-state index >= 15 is 0 Å². The molecule has 0 fully saturated rings. The fourth-order valence-electron chi connectivity index (χ4n) is 3.20. The van der Waals surface area contributed by atoms with E-state index in [-0.39, 0.29) is 11.6 Å². The highest BCUT2D eigenvalue weighted by Crippen LogP contribution is 2.26. The number of hydrogen-bond donors (Lipinski definition) is 2. The molecule has 0 amide bonds. The maximum Gasteiger partial charge on any atom is 0.258 e. The van der Waals surface area contributed by atoms with Crippen LogP contribution in [-0.4, -0.2) is 9.97 Å². The number of rotatable bonds is 6. The van der Waals surface area contributed by atoms with Crippen LogP contribution in [0.1, 0.15) is 34.8 Å². The Balaban J connectivity index is 1.61. The first kappa shape index (κ1) is 17.6. The lowest BCUT2D eigenvalue weighted by Crippen LogP contribution is -2.24. The summed E-state index contributed by atoms with van der Waals surface area (Å²) >= 11 is 1.72. The molecule has 1 atom stereocenters. The molecule has 2 aromatic carbocycles. The van der Waals surface area contributed by atoms with Gasteiger partial charge in [-0.15, -0.1) is 11.3 Å². The minimum Gasteiger partial charge on any atom is -0.309 e. The standard InChI is InChI=1S/C22H21N3OS/c1-2-15-9-11-16(12-10-15)21(19-8-5-13-27-19)23-14-20-24-18-7-4-3-6-17(18)22(26)25-20/h3-13,21,23H,2,14H2,1H3,(H,24,25,26)/t21-/m1/s1. The number of aryl methyl sites for hydroxylation is 1. The third-order valence-electron chi connectivity index (χ3n) is 4.68. The Kier molecular flexibility index (Phi) is 5.14. The quantitative estimate of drug-likeness (QED) is 0.524. The summed E-state index contributed by atoms with van der Waals surface area (Å²) in [6.07, 6.45) is 1.03. The second-order valence-corrected chi connectivity index (χ2v) is 7.43. The number of hydrogen-bond acceptors (Lipinski definition) is 4. The zero-order valence-corrected chi connectivity index (χ0v) is 15.9. The van der Waals surface area contributed by atoms with E-state index in [2.05, 4.69) is 64.0 Å². The van der Waals surface area contributed by atoms with Gasteiger partial charge in [-0.3, -0.25) is 10.1 Å². The van der Waals surface area contributed by atoms with Gasteiger partial charge >= 0.3 is 0 Å². The molecule has 27 heavy (non-hydrogen) atoms. The predicted octanol–water partition coefficient (Wildman–Crippen LogP) is 4.43. The molecule has 0 radical (unpaired) electrons. The number of nitrogens with one attached hydrogen (secondary N) is 2. The van der Waals surface area contributed by atoms with Gasteiger partial charge in [0.1, 0.15) is 5.82 Å². The van der Waals surface area contributed by atoms with Crippen molar-refractivity contribution in [3.63, 3.8) is 0 Å². The van der Waals surface area contributed by atoms with E-state index in [1.165, 1.54) is 16.0 Å². The lowest BCUT2D eigenvalue weighted by atomic mass is 10.0. The minimum absolute atomic E-state index is 0.0627. The van der Waals surface area contributed by atoms with Crippen molar-refractivity contribution in [2.24, 2.45) is 0 Å². The van der Waals surface area contributed by atoms with E-state index in [0.717, 1.165) is 11.9 Å². The molecule has 5 heteroatoms. The highest BCUT2D eigenvalue weighted by atomic mass is 32.1. The van der Waals surface area contributed by atoms with Crippen LogP contribution in [0.15, 0.2) is 70.8 Å². The summed E-state index contributed by atoms with van der Waals surface area (Å²) in [6, 6.07) is 20.4. The first-order valence-electron chi connectivity index (χ1n) is 9.08. The summed E-state index contributed by atoms with van der Waals surface area (Å²) in [5.74, 6) is 0.644.